The van der Waals surface area contributed by atoms with Gasteiger partial charge in [0.15, 0.2) is 0 Å². The van der Waals surface area contributed by atoms with E-state index in [9.17, 15) is 9.59 Å². The SMILES string of the molecule is CCOc1ccccc1C(=O)N1CC[C@H](C(=O)O)C1. The lowest BCUT2D eigenvalue weighted by Crippen LogP contribution is -2.30. The number of nitrogens with zero attached hydrogens (tertiary/aromatic N) is 1. The summed E-state index contributed by atoms with van der Waals surface area (Å²) < 4.78 is 5.43. The molecule has 0 unspecified atom stereocenters. The maximum absolute atomic E-state index is 12.4. The summed E-state index contributed by atoms with van der Waals surface area (Å²) >= 11 is 0. The summed E-state index contributed by atoms with van der Waals surface area (Å²) in [5.41, 5.74) is 0.496. The van der Waals surface area contributed by atoms with Gasteiger partial charge in [0.05, 0.1) is 18.1 Å². The van der Waals surface area contributed by atoms with Crippen molar-refractivity contribution < 1.29 is 19.4 Å². The molecular formula is C14H17NO4. The maximum Gasteiger partial charge on any atom is 0.308 e. The number of rotatable bonds is 4. The Kier molecular flexibility index (Phi) is 4.04. The molecule has 0 aliphatic carbocycles. The number of carboxylic acid groups (broad SMARTS) is 1. The molecule has 1 aliphatic rings. The molecule has 1 aliphatic heterocycles. The van der Waals surface area contributed by atoms with E-state index < -0.39 is 11.9 Å². The highest BCUT2D eigenvalue weighted by Crippen LogP contribution is 2.24. The summed E-state index contributed by atoms with van der Waals surface area (Å²) in [6.07, 6.45) is 0.512. The lowest BCUT2D eigenvalue weighted by molar-refractivity contribution is -0.141. The largest absolute Gasteiger partial charge is 0.493 e. The van der Waals surface area contributed by atoms with E-state index in [0.29, 0.717) is 30.9 Å². The third kappa shape index (κ3) is 2.86. The van der Waals surface area contributed by atoms with Crippen LogP contribution in [0.1, 0.15) is 23.7 Å². The number of carbonyl (C=O) groups excluding carboxylic acids is 1. The Labute approximate surface area is 111 Å². The molecule has 1 N–H and O–H groups in total. The van der Waals surface area contributed by atoms with Crippen molar-refractivity contribution in [1.29, 1.82) is 0 Å². The van der Waals surface area contributed by atoms with Gasteiger partial charge in [0.1, 0.15) is 5.75 Å². The minimum absolute atomic E-state index is 0.159. The molecule has 0 radical (unpaired) electrons. The normalized spacial score (nSPS) is 18.4. The van der Waals surface area contributed by atoms with E-state index in [2.05, 4.69) is 0 Å². The van der Waals surface area contributed by atoms with E-state index >= 15 is 0 Å². The number of hydrogen-bond donors (Lipinski definition) is 1. The number of ether oxygens (including phenoxy) is 1. The standard InChI is InChI=1S/C14H17NO4/c1-2-19-12-6-4-3-5-11(12)13(16)15-8-7-10(9-15)14(17)18/h3-6,10H,2,7-9H2,1H3,(H,17,18)/t10-/m0/s1. The molecule has 19 heavy (non-hydrogen) atoms. The van der Waals surface area contributed by atoms with Crippen molar-refractivity contribution in [3.63, 3.8) is 0 Å². The quantitative estimate of drug-likeness (QED) is 0.896. The van der Waals surface area contributed by atoms with Crippen molar-refractivity contribution in [2.75, 3.05) is 19.7 Å². The molecule has 5 nitrogen and oxygen atoms in total. The van der Waals surface area contributed by atoms with Crippen LogP contribution in [0.5, 0.6) is 5.75 Å². The molecule has 1 aromatic carbocycles. The van der Waals surface area contributed by atoms with Gasteiger partial charge in [-0.15, -0.1) is 0 Å². The summed E-state index contributed by atoms with van der Waals surface area (Å²) in [7, 11) is 0. The summed E-state index contributed by atoms with van der Waals surface area (Å²) in [5.74, 6) is -0.904. The average molecular weight is 263 g/mol. The van der Waals surface area contributed by atoms with E-state index in [0.717, 1.165) is 0 Å². The minimum atomic E-state index is -0.839. The molecule has 1 atom stereocenters. The molecule has 0 aromatic heterocycles. The van der Waals surface area contributed by atoms with Crippen LogP contribution in [0, 0.1) is 5.92 Å². The summed E-state index contributed by atoms with van der Waals surface area (Å²) in [6.45, 7) is 3.10. The summed E-state index contributed by atoms with van der Waals surface area (Å²) in [6, 6.07) is 7.05. The van der Waals surface area contributed by atoms with Crippen molar-refractivity contribution in [3.8, 4) is 5.75 Å². The van der Waals surface area contributed by atoms with Gasteiger partial charge in [-0.1, -0.05) is 12.1 Å². The Balaban J connectivity index is 2.14. The Hall–Kier alpha value is -2.04. The van der Waals surface area contributed by atoms with Crippen molar-refractivity contribution in [2.45, 2.75) is 13.3 Å². The number of amides is 1. The van der Waals surface area contributed by atoms with Crippen LogP contribution in [0.25, 0.3) is 0 Å². The van der Waals surface area contributed by atoms with Crippen molar-refractivity contribution in [1.82, 2.24) is 4.90 Å². The van der Waals surface area contributed by atoms with Crippen molar-refractivity contribution in [3.05, 3.63) is 29.8 Å². The Morgan fingerprint density at radius 2 is 2.16 bits per heavy atom. The number of carboxylic acids is 1. The van der Waals surface area contributed by atoms with Crippen molar-refractivity contribution in [2.24, 2.45) is 5.92 Å². The molecule has 1 heterocycles. The third-order valence-electron chi connectivity index (χ3n) is 3.24. The number of likely N-dealkylation sites (tertiary alicyclic amines) is 1. The molecule has 5 heteroatoms. The first-order chi connectivity index (χ1) is 9.13. The van der Waals surface area contributed by atoms with Crippen molar-refractivity contribution >= 4 is 11.9 Å². The van der Waals surface area contributed by atoms with Crippen LogP contribution in [-0.2, 0) is 4.79 Å². The van der Waals surface area contributed by atoms with Gasteiger partial charge in [-0.3, -0.25) is 9.59 Å². The Morgan fingerprint density at radius 1 is 1.42 bits per heavy atom. The Bertz CT molecular complexity index is 486. The zero-order valence-electron chi connectivity index (χ0n) is 10.8. The maximum atomic E-state index is 12.4. The van der Waals surface area contributed by atoms with Crippen LogP contribution in [0.4, 0.5) is 0 Å². The lowest BCUT2D eigenvalue weighted by Gasteiger charge is -2.17. The number of aliphatic carboxylic acids is 1. The molecule has 102 valence electrons. The second-order valence-corrected chi connectivity index (χ2v) is 4.50. The highest BCUT2D eigenvalue weighted by molar-refractivity contribution is 5.97. The fraction of sp³-hybridized carbons (Fsp3) is 0.429. The smallest absolute Gasteiger partial charge is 0.308 e. The zero-order valence-corrected chi connectivity index (χ0v) is 10.8. The van der Waals surface area contributed by atoms with Gasteiger partial charge < -0.3 is 14.7 Å². The van der Waals surface area contributed by atoms with Crippen LogP contribution in [0.3, 0.4) is 0 Å². The topological polar surface area (TPSA) is 66.8 Å². The minimum Gasteiger partial charge on any atom is -0.493 e. The second kappa shape index (κ2) is 5.73. The van der Waals surface area contributed by atoms with Crippen LogP contribution < -0.4 is 4.74 Å². The summed E-state index contributed by atoms with van der Waals surface area (Å²) in [5, 5.41) is 8.96. The predicted octanol–water partition coefficient (Wildman–Crippen LogP) is 1.63. The fourth-order valence-electron chi connectivity index (χ4n) is 2.24. The highest BCUT2D eigenvalue weighted by Gasteiger charge is 2.32. The van der Waals surface area contributed by atoms with Gasteiger partial charge in [-0.25, -0.2) is 0 Å². The molecule has 0 saturated carbocycles. The molecule has 2 rings (SSSR count). The first-order valence-electron chi connectivity index (χ1n) is 6.37. The first kappa shape index (κ1) is 13.4. The number of para-hydroxylation sites is 1. The zero-order chi connectivity index (χ0) is 13.8. The first-order valence-corrected chi connectivity index (χ1v) is 6.37. The van der Waals surface area contributed by atoms with Gasteiger partial charge in [0.2, 0.25) is 0 Å². The van der Waals surface area contributed by atoms with E-state index in [-0.39, 0.29) is 12.5 Å². The molecule has 1 saturated heterocycles. The predicted molar refractivity (Wildman–Crippen MR) is 69.3 cm³/mol. The highest BCUT2D eigenvalue weighted by atomic mass is 16.5. The van der Waals surface area contributed by atoms with Crippen LogP contribution in [0.2, 0.25) is 0 Å². The average Bonchev–Trinajstić information content (AvgIpc) is 2.89. The van der Waals surface area contributed by atoms with Crippen LogP contribution in [0.15, 0.2) is 24.3 Å². The van der Waals surface area contributed by atoms with Crippen LogP contribution >= 0.6 is 0 Å². The third-order valence-corrected chi connectivity index (χ3v) is 3.24. The molecular weight excluding hydrogens is 246 g/mol. The molecule has 1 fully saturated rings. The van der Waals surface area contributed by atoms with Gasteiger partial charge >= 0.3 is 5.97 Å². The molecule has 1 aromatic rings. The number of carbonyl (C=O) groups is 2. The molecule has 0 bridgehead atoms. The molecule has 0 spiro atoms. The monoisotopic (exact) mass is 263 g/mol. The van der Waals surface area contributed by atoms with Gasteiger partial charge in [-0.05, 0) is 25.5 Å². The summed E-state index contributed by atoms with van der Waals surface area (Å²) in [4.78, 5) is 24.9. The van der Waals surface area contributed by atoms with E-state index in [1.165, 1.54) is 0 Å². The lowest BCUT2D eigenvalue weighted by atomic mass is 10.1. The van der Waals surface area contributed by atoms with Gasteiger partial charge in [-0.2, -0.15) is 0 Å². The van der Waals surface area contributed by atoms with Gasteiger partial charge in [0.25, 0.3) is 5.91 Å². The van der Waals surface area contributed by atoms with E-state index in [4.69, 9.17) is 9.84 Å². The molecule has 1 amide bonds. The van der Waals surface area contributed by atoms with E-state index in [1.54, 1.807) is 23.1 Å². The van der Waals surface area contributed by atoms with E-state index in [1.807, 2.05) is 13.0 Å². The number of hydrogen-bond acceptors (Lipinski definition) is 3. The second-order valence-electron chi connectivity index (χ2n) is 4.50. The van der Waals surface area contributed by atoms with Crippen LogP contribution in [-0.4, -0.2) is 41.6 Å². The Morgan fingerprint density at radius 3 is 2.79 bits per heavy atom. The fourth-order valence-corrected chi connectivity index (χ4v) is 2.24. The van der Waals surface area contributed by atoms with Gasteiger partial charge in [0, 0.05) is 13.1 Å². The number of benzene rings is 1.